The largest absolute Gasteiger partial charge is 0.481 e. The average molecular weight is 296 g/mol. The van der Waals surface area contributed by atoms with E-state index in [0.29, 0.717) is 18.6 Å². The van der Waals surface area contributed by atoms with Gasteiger partial charge in [-0.25, -0.2) is 0 Å². The summed E-state index contributed by atoms with van der Waals surface area (Å²) >= 11 is 0. The summed E-state index contributed by atoms with van der Waals surface area (Å²) in [6.07, 6.45) is 18.7. The third-order valence-electron chi connectivity index (χ3n) is 4.08. The predicted molar refractivity (Wildman–Crippen MR) is 86.5 cm³/mol. The van der Waals surface area contributed by atoms with Crippen molar-refractivity contribution in [3.63, 3.8) is 0 Å². The van der Waals surface area contributed by atoms with Crippen LogP contribution in [0, 0.1) is 0 Å². The van der Waals surface area contributed by atoms with E-state index in [0.717, 1.165) is 32.1 Å². The van der Waals surface area contributed by atoms with Gasteiger partial charge in [0.1, 0.15) is 0 Å². The molecule has 21 heavy (non-hydrogen) atoms. The molecule has 1 aliphatic heterocycles. The zero-order valence-corrected chi connectivity index (χ0v) is 13.6. The molecule has 1 heterocycles. The Labute approximate surface area is 129 Å². The van der Waals surface area contributed by atoms with Gasteiger partial charge in [0, 0.05) is 6.42 Å². The first-order chi connectivity index (χ1) is 10.2. The maximum absolute atomic E-state index is 10.3. The fourth-order valence-electron chi connectivity index (χ4n) is 2.65. The van der Waals surface area contributed by atoms with Crippen molar-refractivity contribution in [1.29, 1.82) is 0 Å². The monoisotopic (exact) mass is 296 g/mol. The lowest BCUT2D eigenvalue weighted by atomic mass is 10.1. The Kier molecular flexibility index (Phi) is 10.2. The second kappa shape index (κ2) is 11.8. The van der Waals surface area contributed by atoms with Gasteiger partial charge in [0.2, 0.25) is 0 Å². The van der Waals surface area contributed by atoms with Crippen LogP contribution in [-0.2, 0) is 9.53 Å². The van der Waals surface area contributed by atoms with Gasteiger partial charge in [0.05, 0.1) is 12.2 Å². The van der Waals surface area contributed by atoms with Crippen LogP contribution in [0.1, 0.15) is 84.0 Å². The normalized spacial score (nSPS) is 21.0. The Morgan fingerprint density at radius 3 is 2.52 bits per heavy atom. The van der Waals surface area contributed by atoms with Crippen LogP contribution in [0.2, 0.25) is 0 Å². The summed E-state index contributed by atoms with van der Waals surface area (Å²) < 4.78 is 5.66. The molecule has 0 amide bonds. The van der Waals surface area contributed by atoms with Gasteiger partial charge >= 0.3 is 5.97 Å². The fourth-order valence-corrected chi connectivity index (χ4v) is 2.65. The van der Waals surface area contributed by atoms with Gasteiger partial charge in [-0.15, -0.1) is 0 Å². The van der Waals surface area contributed by atoms with E-state index in [1.54, 1.807) is 0 Å². The molecule has 0 bridgehead atoms. The molecular weight excluding hydrogens is 264 g/mol. The molecule has 1 saturated heterocycles. The number of rotatable bonds is 14. The third kappa shape index (κ3) is 10.5. The molecule has 1 N–H and O–H groups in total. The van der Waals surface area contributed by atoms with Gasteiger partial charge in [-0.1, -0.05) is 57.6 Å². The van der Waals surface area contributed by atoms with Crippen molar-refractivity contribution in [3.8, 4) is 0 Å². The van der Waals surface area contributed by atoms with E-state index < -0.39 is 5.97 Å². The Morgan fingerprint density at radius 2 is 1.76 bits per heavy atom. The van der Waals surface area contributed by atoms with Crippen molar-refractivity contribution in [2.24, 2.45) is 0 Å². The van der Waals surface area contributed by atoms with Crippen molar-refractivity contribution >= 4 is 5.97 Å². The van der Waals surface area contributed by atoms with Crippen LogP contribution in [0.15, 0.2) is 12.2 Å². The Hall–Kier alpha value is -0.830. The molecule has 2 atom stereocenters. The Morgan fingerprint density at radius 1 is 1.00 bits per heavy atom. The Bertz CT molecular complexity index is 299. The molecule has 0 aliphatic carbocycles. The quantitative estimate of drug-likeness (QED) is 0.276. The van der Waals surface area contributed by atoms with Gasteiger partial charge in [-0.2, -0.15) is 0 Å². The first kappa shape index (κ1) is 18.2. The predicted octanol–water partition coefficient (Wildman–Crippen LogP) is 5.10. The summed E-state index contributed by atoms with van der Waals surface area (Å²) in [6.45, 7) is 2.24. The minimum Gasteiger partial charge on any atom is -0.481 e. The van der Waals surface area contributed by atoms with Crippen LogP contribution in [0.4, 0.5) is 0 Å². The summed E-state index contributed by atoms with van der Waals surface area (Å²) in [5, 5.41) is 8.52. The summed E-state index contributed by atoms with van der Waals surface area (Å²) in [5.41, 5.74) is 0. The number of hydrogen-bond acceptors (Lipinski definition) is 2. The maximum Gasteiger partial charge on any atom is 0.303 e. The van der Waals surface area contributed by atoms with Crippen LogP contribution in [0.5, 0.6) is 0 Å². The fraction of sp³-hybridized carbons (Fsp3) is 0.833. The van der Waals surface area contributed by atoms with E-state index >= 15 is 0 Å². The smallest absolute Gasteiger partial charge is 0.303 e. The molecule has 0 aromatic carbocycles. The van der Waals surface area contributed by atoms with Gasteiger partial charge in [-0.05, 0) is 32.1 Å². The topological polar surface area (TPSA) is 49.8 Å². The molecule has 0 unspecified atom stereocenters. The highest BCUT2D eigenvalue weighted by molar-refractivity contribution is 5.66. The molecule has 0 aromatic rings. The number of carboxylic acids is 1. The lowest BCUT2D eigenvalue weighted by molar-refractivity contribution is -0.137. The summed E-state index contributed by atoms with van der Waals surface area (Å²) in [6, 6.07) is 0. The molecule has 0 aromatic heterocycles. The van der Waals surface area contributed by atoms with E-state index in [1.165, 1.54) is 38.5 Å². The molecular formula is C18H32O3. The molecule has 1 fully saturated rings. The van der Waals surface area contributed by atoms with Crippen molar-refractivity contribution in [3.05, 3.63) is 12.2 Å². The van der Waals surface area contributed by atoms with E-state index in [4.69, 9.17) is 9.84 Å². The van der Waals surface area contributed by atoms with Gasteiger partial charge in [-0.3, -0.25) is 4.79 Å². The number of ether oxygens (including phenoxy) is 1. The molecule has 0 spiro atoms. The molecule has 1 rings (SSSR count). The van der Waals surface area contributed by atoms with Crippen molar-refractivity contribution in [1.82, 2.24) is 0 Å². The third-order valence-corrected chi connectivity index (χ3v) is 4.08. The van der Waals surface area contributed by atoms with Crippen molar-refractivity contribution < 1.29 is 14.6 Å². The molecule has 122 valence electrons. The number of hydrogen-bond donors (Lipinski definition) is 1. The summed E-state index contributed by atoms with van der Waals surface area (Å²) in [4.78, 5) is 10.3. The van der Waals surface area contributed by atoms with E-state index in [9.17, 15) is 4.79 Å². The summed E-state index contributed by atoms with van der Waals surface area (Å²) in [7, 11) is 0. The first-order valence-corrected chi connectivity index (χ1v) is 8.76. The SMILES string of the molecule is CCCCC[C@@H]1O[C@@H]1C/C=C/CCCCCCCC(=O)O. The zero-order chi connectivity index (χ0) is 15.3. The standard InChI is InChI=1S/C18H32O3/c1-2-3-10-13-16-17(21-16)14-11-8-6-4-5-7-9-12-15-18(19)20/h8,11,16-17H,2-7,9-10,12-15H2,1H3,(H,19,20)/b11-8+/t16-,17+/m0/s1. The zero-order valence-electron chi connectivity index (χ0n) is 13.6. The molecule has 0 saturated carbocycles. The lowest BCUT2D eigenvalue weighted by Gasteiger charge is -1.98. The van der Waals surface area contributed by atoms with Crippen LogP contribution in [-0.4, -0.2) is 23.3 Å². The number of aliphatic carboxylic acids is 1. The number of unbranched alkanes of at least 4 members (excludes halogenated alkanes) is 7. The highest BCUT2D eigenvalue weighted by Crippen LogP contribution is 2.30. The number of carboxylic acid groups (broad SMARTS) is 1. The van der Waals surface area contributed by atoms with Gasteiger partial charge in [0.25, 0.3) is 0 Å². The van der Waals surface area contributed by atoms with Crippen molar-refractivity contribution in [2.45, 2.75) is 96.2 Å². The van der Waals surface area contributed by atoms with Gasteiger partial charge < -0.3 is 9.84 Å². The molecule has 3 heteroatoms. The second-order valence-electron chi connectivity index (χ2n) is 6.12. The number of allylic oxidation sites excluding steroid dienone is 1. The maximum atomic E-state index is 10.3. The number of carbonyl (C=O) groups is 1. The van der Waals surface area contributed by atoms with Crippen LogP contribution in [0.3, 0.4) is 0 Å². The van der Waals surface area contributed by atoms with E-state index in [-0.39, 0.29) is 0 Å². The average Bonchev–Trinajstić information content (AvgIpc) is 3.19. The number of epoxide rings is 1. The minimum absolute atomic E-state index is 0.320. The van der Waals surface area contributed by atoms with Crippen LogP contribution < -0.4 is 0 Å². The second-order valence-corrected chi connectivity index (χ2v) is 6.12. The first-order valence-electron chi connectivity index (χ1n) is 8.76. The van der Waals surface area contributed by atoms with E-state index in [2.05, 4.69) is 19.1 Å². The summed E-state index contributed by atoms with van der Waals surface area (Å²) in [5.74, 6) is -0.673. The molecule has 3 nitrogen and oxygen atoms in total. The Balaban J connectivity index is 1.81. The highest BCUT2D eigenvalue weighted by Gasteiger charge is 2.36. The van der Waals surface area contributed by atoms with Crippen LogP contribution in [0.25, 0.3) is 0 Å². The minimum atomic E-state index is -0.673. The lowest BCUT2D eigenvalue weighted by Crippen LogP contribution is -1.93. The van der Waals surface area contributed by atoms with Crippen molar-refractivity contribution in [2.75, 3.05) is 0 Å². The molecule has 0 radical (unpaired) electrons. The van der Waals surface area contributed by atoms with Crippen LogP contribution >= 0.6 is 0 Å². The molecule has 1 aliphatic rings. The van der Waals surface area contributed by atoms with Gasteiger partial charge in [0.15, 0.2) is 0 Å². The highest BCUT2D eigenvalue weighted by atomic mass is 16.6. The van der Waals surface area contributed by atoms with E-state index in [1.807, 2.05) is 0 Å².